The summed E-state index contributed by atoms with van der Waals surface area (Å²) in [5, 5.41) is 2.31. The Hall–Kier alpha value is -2.49. The fraction of sp³-hybridized carbons (Fsp3) is 0.214. The second kappa shape index (κ2) is 6.19. The van der Waals surface area contributed by atoms with Gasteiger partial charge in [0.1, 0.15) is 11.5 Å². The molecule has 1 aromatic carbocycles. The molecule has 24 heavy (non-hydrogen) atoms. The number of methoxy groups -OCH3 is 1. The molecule has 1 heterocycles. The molecule has 0 aliphatic heterocycles. The number of alkyl halides is 3. The van der Waals surface area contributed by atoms with E-state index in [9.17, 15) is 26.4 Å². The molecule has 2 aromatic rings. The third-order valence-electron chi connectivity index (χ3n) is 3.14. The number of amides is 1. The molecule has 0 aliphatic carbocycles. The van der Waals surface area contributed by atoms with Crippen molar-refractivity contribution in [2.75, 3.05) is 12.4 Å². The highest BCUT2D eigenvalue weighted by atomic mass is 32.2. The van der Waals surface area contributed by atoms with Crippen molar-refractivity contribution in [1.82, 2.24) is 0 Å². The van der Waals surface area contributed by atoms with Gasteiger partial charge < -0.3 is 14.5 Å². The molecule has 10 heteroatoms. The van der Waals surface area contributed by atoms with Gasteiger partial charge in [-0.3, -0.25) is 4.79 Å². The third kappa shape index (κ3) is 3.23. The first-order valence-corrected chi connectivity index (χ1v) is 7.91. The van der Waals surface area contributed by atoms with Gasteiger partial charge in [0, 0.05) is 0 Å². The Morgan fingerprint density at radius 3 is 2.42 bits per heavy atom. The van der Waals surface area contributed by atoms with Crippen LogP contribution in [0.2, 0.25) is 0 Å². The molecule has 0 atom stereocenters. The molecule has 0 fully saturated rings. The molecule has 6 nitrogen and oxygen atoms in total. The van der Waals surface area contributed by atoms with Crippen LogP contribution in [0.5, 0.6) is 5.75 Å². The van der Waals surface area contributed by atoms with Gasteiger partial charge >= 0.3 is 5.51 Å². The number of ether oxygens (including phenoxy) is 1. The number of furan rings is 1. The summed E-state index contributed by atoms with van der Waals surface area (Å²) in [5.74, 6) is -0.378. The van der Waals surface area contributed by atoms with Gasteiger partial charge in [-0.05, 0) is 31.2 Å². The maximum Gasteiger partial charge on any atom is 0.501 e. The summed E-state index contributed by atoms with van der Waals surface area (Å²) in [7, 11) is -4.32. The quantitative estimate of drug-likeness (QED) is 0.902. The van der Waals surface area contributed by atoms with Crippen molar-refractivity contribution in [3.63, 3.8) is 0 Å². The number of nitrogens with one attached hydrogen (secondary N) is 1. The molecule has 1 N–H and O–H groups in total. The van der Waals surface area contributed by atoms with Crippen LogP contribution in [0, 0.1) is 6.92 Å². The number of carbonyl (C=O) groups is 1. The van der Waals surface area contributed by atoms with E-state index in [1.54, 1.807) is 0 Å². The lowest BCUT2D eigenvalue weighted by Crippen LogP contribution is -2.23. The van der Waals surface area contributed by atoms with Crippen LogP contribution in [-0.2, 0) is 9.84 Å². The topological polar surface area (TPSA) is 85.6 Å². The predicted octanol–water partition coefficient (Wildman–Crippen LogP) is 3.14. The summed E-state index contributed by atoms with van der Waals surface area (Å²) in [6.45, 7) is 1.52. The Kier molecular flexibility index (Phi) is 4.61. The molecular weight excluding hydrogens is 351 g/mol. The number of sulfone groups is 1. The minimum atomic E-state index is -5.55. The van der Waals surface area contributed by atoms with Crippen LogP contribution in [0.25, 0.3) is 0 Å². The summed E-state index contributed by atoms with van der Waals surface area (Å²) in [6.07, 6.45) is 1.27. The van der Waals surface area contributed by atoms with E-state index in [1.807, 2.05) is 0 Å². The first-order valence-electron chi connectivity index (χ1n) is 6.42. The highest BCUT2D eigenvalue weighted by molar-refractivity contribution is 7.92. The highest BCUT2D eigenvalue weighted by Gasteiger charge is 2.47. The monoisotopic (exact) mass is 363 g/mol. The lowest BCUT2D eigenvalue weighted by atomic mass is 10.2. The summed E-state index contributed by atoms with van der Waals surface area (Å²) in [5.41, 5.74) is -5.51. The summed E-state index contributed by atoms with van der Waals surface area (Å²) >= 11 is 0. The fourth-order valence-electron chi connectivity index (χ4n) is 1.90. The van der Waals surface area contributed by atoms with E-state index in [2.05, 4.69) is 5.32 Å². The lowest BCUT2D eigenvalue weighted by Gasteiger charge is -2.13. The van der Waals surface area contributed by atoms with Crippen molar-refractivity contribution in [1.29, 1.82) is 0 Å². The van der Waals surface area contributed by atoms with E-state index in [0.717, 1.165) is 12.1 Å². The number of halogens is 3. The van der Waals surface area contributed by atoms with Gasteiger partial charge in [-0.15, -0.1) is 0 Å². The van der Waals surface area contributed by atoms with Gasteiger partial charge in [-0.1, -0.05) is 0 Å². The maximum atomic E-state index is 12.7. The van der Waals surface area contributed by atoms with Gasteiger partial charge in [-0.2, -0.15) is 13.2 Å². The highest BCUT2D eigenvalue weighted by Crippen LogP contribution is 2.34. The van der Waals surface area contributed by atoms with Crippen molar-refractivity contribution >= 4 is 21.4 Å². The Bertz CT molecular complexity index is 871. The van der Waals surface area contributed by atoms with Crippen LogP contribution < -0.4 is 10.1 Å². The van der Waals surface area contributed by atoms with Crippen molar-refractivity contribution in [3.8, 4) is 5.75 Å². The second-order valence-corrected chi connectivity index (χ2v) is 6.60. The Balaban J connectivity index is 2.44. The minimum absolute atomic E-state index is 0.00521. The van der Waals surface area contributed by atoms with Crippen molar-refractivity contribution in [3.05, 3.63) is 41.9 Å². The molecule has 2 rings (SSSR count). The zero-order valence-electron chi connectivity index (χ0n) is 12.5. The maximum absolute atomic E-state index is 12.7. The van der Waals surface area contributed by atoms with E-state index in [-0.39, 0.29) is 17.0 Å². The van der Waals surface area contributed by atoms with Crippen LogP contribution in [0.4, 0.5) is 18.9 Å². The lowest BCUT2D eigenvalue weighted by molar-refractivity contribution is -0.0436. The minimum Gasteiger partial charge on any atom is -0.495 e. The number of carbonyl (C=O) groups excluding carboxylic acids is 1. The van der Waals surface area contributed by atoms with Gasteiger partial charge in [0.2, 0.25) is 0 Å². The van der Waals surface area contributed by atoms with Crippen molar-refractivity contribution in [2.45, 2.75) is 17.3 Å². The molecule has 1 amide bonds. The molecular formula is C14H12F3NO5S. The van der Waals surface area contributed by atoms with Crippen molar-refractivity contribution in [2.24, 2.45) is 0 Å². The molecule has 0 radical (unpaired) electrons. The molecule has 1 aromatic heterocycles. The van der Waals surface area contributed by atoms with Crippen LogP contribution in [0.3, 0.4) is 0 Å². The average molecular weight is 363 g/mol. The Morgan fingerprint density at radius 1 is 1.25 bits per heavy atom. The number of hydrogen-bond donors (Lipinski definition) is 1. The number of aryl methyl sites for hydroxylation is 1. The van der Waals surface area contributed by atoms with E-state index >= 15 is 0 Å². The molecule has 0 unspecified atom stereocenters. The van der Waals surface area contributed by atoms with E-state index in [0.29, 0.717) is 11.8 Å². The number of rotatable bonds is 4. The third-order valence-corrected chi connectivity index (χ3v) is 4.62. The normalized spacial score (nSPS) is 12.0. The van der Waals surface area contributed by atoms with Gasteiger partial charge in [0.05, 0.1) is 29.5 Å². The molecule has 0 bridgehead atoms. The van der Waals surface area contributed by atoms with Crippen LogP contribution in [0.15, 0.2) is 39.8 Å². The summed E-state index contributed by atoms with van der Waals surface area (Å²) in [4.78, 5) is 11.1. The number of benzene rings is 1. The largest absolute Gasteiger partial charge is 0.501 e. The fourth-order valence-corrected chi connectivity index (χ4v) is 2.68. The molecule has 0 saturated heterocycles. The van der Waals surface area contributed by atoms with Crippen LogP contribution in [-0.4, -0.2) is 26.9 Å². The molecule has 130 valence electrons. The average Bonchev–Trinajstić information content (AvgIpc) is 2.92. The second-order valence-electron chi connectivity index (χ2n) is 4.66. The predicted molar refractivity (Wildman–Crippen MR) is 77.6 cm³/mol. The first kappa shape index (κ1) is 17.9. The smallest absolute Gasteiger partial charge is 0.495 e. The zero-order valence-corrected chi connectivity index (χ0v) is 13.3. The Morgan fingerprint density at radius 2 is 1.92 bits per heavy atom. The van der Waals surface area contributed by atoms with Gasteiger partial charge in [0.25, 0.3) is 15.7 Å². The van der Waals surface area contributed by atoms with Crippen LogP contribution >= 0.6 is 0 Å². The van der Waals surface area contributed by atoms with Crippen LogP contribution in [0.1, 0.15) is 16.1 Å². The Labute approximate surface area is 135 Å². The van der Waals surface area contributed by atoms with E-state index in [1.165, 1.54) is 26.4 Å². The number of hydrogen-bond acceptors (Lipinski definition) is 5. The van der Waals surface area contributed by atoms with Crippen molar-refractivity contribution < 1.29 is 35.5 Å². The van der Waals surface area contributed by atoms with Gasteiger partial charge in [0.15, 0.2) is 0 Å². The zero-order chi connectivity index (χ0) is 18.1. The first-order chi connectivity index (χ1) is 11.1. The summed E-state index contributed by atoms with van der Waals surface area (Å²) < 4.78 is 70.8. The van der Waals surface area contributed by atoms with E-state index < -0.39 is 26.1 Å². The SMILES string of the molecule is COc1ccc(S(=O)(=O)C(F)(F)F)cc1NC(=O)c1ccoc1C. The van der Waals surface area contributed by atoms with E-state index in [4.69, 9.17) is 9.15 Å². The molecule has 0 saturated carbocycles. The summed E-state index contributed by atoms with van der Waals surface area (Å²) in [6, 6.07) is 3.83. The van der Waals surface area contributed by atoms with Gasteiger partial charge in [-0.25, -0.2) is 8.42 Å². The molecule has 0 spiro atoms. The number of anilines is 1. The molecule has 0 aliphatic rings. The standard InChI is InChI=1S/C14H12F3NO5S/c1-8-10(5-6-23-8)13(19)18-11-7-9(3-4-12(11)22-2)24(20,21)14(15,16)17/h3-7H,1-2H3,(H,18,19).